The molecule has 19 heavy (non-hydrogen) atoms. The molecule has 1 nitrogen and oxygen atoms in total. The highest BCUT2D eigenvalue weighted by Crippen LogP contribution is 2.21. The van der Waals surface area contributed by atoms with Gasteiger partial charge in [0.2, 0.25) is 0 Å². The molecule has 0 atom stereocenters. The van der Waals surface area contributed by atoms with Gasteiger partial charge in [-0.05, 0) is 48.4 Å². The lowest BCUT2D eigenvalue weighted by Crippen LogP contribution is -2.16. The van der Waals surface area contributed by atoms with Gasteiger partial charge in [0.1, 0.15) is 0 Å². The van der Waals surface area contributed by atoms with Gasteiger partial charge in [0, 0.05) is 21.1 Å². The normalized spacial score (nSPS) is 10.7. The van der Waals surface area contributed by atoms with Crippen LogP contribution in [0.15, 0.2) is 46.9 Å². The topological polar surface area (TPSA) is 12.0 Å². The molecule has 0 bridgehead atoms. The lowest BCUT2D eigenvalue weighted by Gasteiger charge is -2.07. The summed E-state index contributed by atoms with van der Waals surface area (Å²) in [5.74, 6) is 0. The zero-order valence-corrected chi connectivity index (χ0v) is 13.4. The van der Waals surface area contributed by atoms with Crippen LogP contribution in [0.1, 0.15) is 11.1 Å². The van der Waals surface area contributed by atoms with E-state index in [1.165, 1.54) is 11.1 Å². The minimum absolute atomic E-state index is 0.747. The van der Waals surface area contributed by atoms with Crippen LogP contribution in [0.4, 0.5) is 0 Å². The van der Waals surface area contributed by atoms with E-state index in [0.717, 1.165) is 34.0 Å². The molecule has 1 N–H and O–H groups in total. The molecular formula is C15H14BrCl2N. The van der Waals surface area contributed by atoms with Crippen LogP contribution in [0.25, 0.3) is 0 Å². The Balaban J connectivity index is 1.79. The molecule has 2 aromatic carbocycles. The maximum absolute atomic E-state index is 5.91. The molecule has 0 unspecified atom stereocenters. The van der Waals surface area contributed by atoms with Crippen LogP contribution < -0.4 is 5.32 Å². The largest absolute Gasteiger partial charge is 0.312 e. The van der Waals surface area contributed by atoms with Crippen molar-refractivity contribution in [2.24, 2.45) is 0 Å². The van der Waals surface area contributed by atoms with E-state index in [1.807, 2.05) is 30.3 Å². The van der Waals surface area contributed by atoms with Crippen molar-refractivity contribution in [2.75, 3.05) is 6.54 Å². The van der Waals surface area contributed by atoms with Gasteiger partial charge in [0.05, 0.1) is 0 Å². The van der Waals surface area contributed by atoms with Crippen molar-refractivity contribution >= 4 is 39.1 Å². The highest BCUT2D eigenvalue weighted by Gasteiger charge is 2.00. The Labute approximate surface area is 132 Å². The average molecular weight is 359 g/mol. The van der Waals surface area contributed by atoms with E-state index in [0.29, 0.717) is 0 Å². The van der Waals surface area contributed by atoms with E-state index in [-0.39, 0.29) is 0 Å². The Morgan fingerprint density at radius 2 is 1.63 bits per heavy atom. The lowest BCUT2D eigenvalue weighted by atomic mass is 10.1. The molecule has 0 aliphatic rings. The Morgan fingerprint density at radius 3 is 2.32 bits per heavy atom. The highest BCUT2D eigenvalue weighted by atomic mass is 79.9. The Bertz CT molecular complexity index is 540. The van der Waals surface area contributed by atoms with Crippen molar-refractivity contribution in [1.82, 2.24) is 5.32 Å². The number of halogens is 3. The molecule has 0 amide bonds. The second kappa shape index (κ2) is 7.30. The van der Waals surface area contributed by atoms with E-state index >= 15 is 0 Å². The number of rotatable bonds is 5. The van der Waals surface area contributed by atoms with Gasteiger partial charge < -0.3 is 5.32 Å². The highest BCUT2D eigenvalue weighted by molar-refractivity contribution is 9.10. The maximum Gasteiger partial charge on any atom is 0.0417 e. The molecule has 0 aromatic heterocycles. The van der Waals surface area contributed by atoms with Gasteiger partial charge in [-0.15, -0.1) is 0 Å². The van der Waals surface area contributed by atoms with Gasteiger partial charge in [0.25, 0.3) is 0 Å². The second-order valence-electron chi connectivity index (χ2n) is 4.29. The summed E-state index contributed by atoms with van der Waals surface area (Å²) in [7, 11) is 0. The van der Waals surface area contributed by atoms with Crippen molar-refractivity contribution in [1.29, 1.82) is 0 Å². The molecule has 0 saturated heterocycles. The molecule has 2 aromatic rings. The molecule has 4 heteroatoms. The first kappa shape index (κ1) is 14.9. The molecule has 0 heterocycles. The van der Waals surface area contributed by atoms with E-state index in [1.54, 1.807) is 0 Å². The van der Waals surface area contributed by atoms with Crippen molar-refractivity contribution in [3.63, 3.8) is 0 Å². The maximum atomic E-state index is 5.91. The predicted molar refractivity (Wildman–Crippen MR) is 86.0 cm³/mol. The molecule has 0 aliphatic carbocycles. The van der Waals surface area contributed by atoms with E-state index in [9.17, 15) is 0 Å². The van der Waals surface area contributed by atoms with Crippen LogP contribution in [-0.4, -0.2) is 6.54 Å². The van der Waals surface area contributed by atoms with Gasteiger partial charge in [-0.3, -0.25) is 0 Å². The van der Waals surface area contributed by atoms with E-state index < -0.39 is 0 Å². The van der Waals surface area contributed by atoms with Crippen LogP contribution in [0, 0.1) is 0 Å². The predicted octanol–water partition coefficient (Wildman–Crippen LogP) is 5.09. The summed E-state index contributed by atoms with van der Waals surface area (Å²) in [6.07, 6.45) is 0.988. The summed E-state index contributed by atoms with van der Waals surface area (Å²) in [6, 6.07) is 13.8. The van der Waals surface area contributed by atoms with Crippen molar-refractivity contribution in [3.05, 3.63) is 68.1 Å². The first-order chi connectivity index (χ1) is 9.15. The molecular weight excluding hydrogens is 345 g/mol. The minimum Gasteiger partial charge on any atom is -0.312 e. The van der Waals surface area contributed by atoms with Crippen LogP contribution >= 0.6 is 39.1 Å². The SMILES string of the molecule is Clc1ccc(CCNCc2ccc(Cl)cc2Br)cc1. The Hall–Kier alpha value is -0.540. The van der Waals surface area contributed by atoms with Crippen LogP contribution in [0.2, 0.25) is 10.0 Å². The molecule has 100 valence electrons. The fraction of sp³-hybridized carbons (Fsp3) is 0.200. The van der Waals surface area contributed by atoms with Crippen molar-refractivity contribution < 1.29 is 0 Å². The zero-order valence-electron chi connectivity index (χ0n) is 10.3. The number of nitrogens with one attached hydrogen (secondary N) is 1. The third-order valence-corrected chi connectivity index (χ3v) is 4.06. The molecule has 0 saturated carbocycles. The van der Waals surface area contributed by atoms with E-state index in [2.05, 4.69) is 33.4 Å². The van der Waals surface area contributed by atoms with Crippen molar-refractivity contribution in [2.45, 2.75) is 13.0 Å². The monoisotopic (exact) mass is 357 g/mol. The first-order valence-corrected chi connectivity index (χ1v) is 7.59. The zero-order chi connectivity index (χ0) is 13.7. The van der Waals surface area contributed by atoms with Crippen molar-refractivity contribution in [3.8, 4) is 0 Å². The summed E-state index contributed by atoms with van der Waals surface area (Å²) in [4.78, 5) is 0. The molecule has 0 spiro atoms. The average Bonchev–Trinajstić information content (AvgIpc) is 2.39. The van der Waals surface area contributed by atoms with Crippen LogP contribution in [0.5, 0.6) is 0 Å². The number of hydrogen-bond donors (Lipinski definition) is 1. The van der Waals surface area contributed by atoms with E-state index in [4.69, 9.17) is 23.2 Å². The lowest BCUT2D eigenvalue weighted by molar-refractivity contribution is 0.685. The molecule has 0 aliphatic heterocycles. The van der Waals surface area contributed by atoms with Crippen LogP contribution in [-0.2, 0) is 13.0 Å². The third kappa shape index (κ3) is 4.81. The van der Waals surface area contributed by atoms with Gasteiger partial charge in [0.15, 0.2) is 0 Å². The summed E-state index contributed by atoms with van der Waals surface area (Å²) < 4.78 is 1.04. The Kier molecular flexibility index (Phi) is 5.71. The second-order valence-corrected chi connectivity index (χ2v) is 6.02. The number of hydrogen-bond acceptors (Lipinski definition) is 1. The van der Waals surface area contributed by atoms with Gasteiger partial charge in [-0.25, -0.2) is 0 Å². The standard InChI is InChI=1S/C15H14BrCl2N/c16-15-9-14(18)6-3-12(15)10-19-8-7-11-1-4-13(17)5-2-11/h1-6,9,19H,7-8,10H2. The van der Waals surface area contributed by atoms with Gasteiger partial charge in [-0.1, -0.05) is 57.3 Å². The van der Waals surface area contributed by atoms with Gasteiger partial charge >= 0.3 is 0 Å². The quantitative estimate of drug-likeness (QED) is 0.734. The summed E-state index contributed by atoms with van der Waals surface area (Å²) in [5.41, 5.74) is 2.49. The first-order valence-electron chi connectivity index (χ1n) is 6.04. The molecule has 0 radical (unpaired) electrons. The molecule has 2 rings (SSSR count). The fourth-order valence-corrected chi connectivity index (χ4v) is 2.72. The summed E-state index contributed by atoms with van der Waals surface area (Å²) >= 11 is 15.3. The third-order valence-electron chi connectivity index (χ3n) is 2.83. The number of benzene rings is 2. The fourth-order valence-electron chi connectivity index (χ4n) is 1.77. The Morgan fingerprint density at radius 1 is 0.947 bits per heavy atom. The smallest absolute Gasteiger partial charge is 0.0417 e. The molecule has 0 fully saturated rings. The minimum atomic E-state index is 0.747. The summed E-state index contributed by atoms with van der Waals surface area (Å²) in [6.45, 7) is 1.75. The van der Waals surface area contributed by atoms with Gasteiger partial charge in [-0.2, -0.15) is 0 Å². The van der Waals surface area contributed by atoms with Crippen LogP contribution in [0.3, 0.4) is 0 Å². The summed E-state index contributed by atoms with van der Waals surface area (Å²) in [5, 5.41) is 4.95.